The molecule has 0 radical (unpaired) electrons. The van der Waals surface area contributed by atoms with Gasteiger partial charge in [-0.1, -0.05) is 18.2 Å². The average molecular weight is 322 g/mol. The second-order valence-electron chi connectivity index (χ2n) is 5.11. The van der Waals surface area contributed by atoms with Gasteiger partial charge in [-0.25, -0.2) is 4.39 Å². The Bertz CT molecular complexity index is 833. The van der Waals surface area contributed by atoms with Crippen LogP contribution < -0.4 is 4.74 Å². The van der Waals surface area contributed by atoms with Gasteiger partial charge in [-0.15, -0.1) is 0 Å². The summed E-state index contributed by atoms with van der Waals surface area (Å²) in [6.07, 6.45) is 2.98. The summed E-state index contributed by atoms with van der Waals surface area (Å²) < 4.78 is 24.0. The van der Waals surface area contributed by atoms with Crippen molar-refractivity contribution < 1.29 is 18.3 Å². The van der Waals surface area contributed by atoms with Crippen LogP contribution in [0.1, 0.15) is 21.9 Å². The van der Waals surface area contributed by atoms with Gasteiger partial charge in [0.05, 0.1) is 0 Å². The van der Waals surface area contributed by atoms with Gasteiger partial charge >= 0.3 is 0 Å². The molecule has 3 rings (SSSR count). The van der Waals surface area contributed by atoms with Crippen LogP contribution in [0.4, 0.5) is 4.39 Å². The molecule has 0 atom stereocenters. The molecule has 0 saturated carbocycles. The first kappa shape index (κ1) is 15.7. The maximum absolute atomic E-state index is 12.8. The fourth-order valence-corrected chi connectivity index (χ4v) is 2.10. The minimum absolute atomic E-state index is 0.214. The van der Waals surface area contributed by atoms with Crippen molar-refractivity contribution >= 4 is 11.9 Å². The van der Waals surface area contributed by atoms with E-state index in [4.69, 9.17) is 9.15 Å². The highest BCUT2D eigenvalue weighted by Crippen LogP contribution is 2.15. The number of ketones is 1. The minimum Gasteiger partial charge on any atom is -0.486 e. The lowest BCUT2D eigenvalue weighted by Gasteiger charge is -2.02. The van der Waals surface area contributed by atoms with Crippen LogP contribution in [-0.4, -0.2) is 5.78 Å². The van der Waals surface area contributed by atoms with E-state index >= 15 is 0 Å². The maximum atomic E-state index is 12.8. The maximum Gasteiger partial charge on any atom is 0.185 e. The van der Waals surface area contributed by atoms with Crippen molar-refractivity contribution in [2.45, 2.75) is 6.61 Å². The third kappa shape index (κ3) is 4.20. The third-order valence-corrected chi connectivity index (χ3v) is 3.33. The molecule has 0 aliphatic carbocycles. The lowest BCUT2D eigenvalue weighted by Crippen LogP contribution is -1.93. The minimum atomic E-state index is -0.371. The molecule has 0 saturated heterocycles. The van der Waals surface area contributed by atoms with Crippen molar-refractivity contribution in [1.29, 1.82) is 0 Å². The molecule has 0 aliphatic rings. The third-order valence-electron chi connectivity index (χ3n) is 3.33. The highest BCUT2D eigenvalue weighted by Gasteiger charge is 2.04. The van der Waals surface area contributed by atoms with Gasteiger partial charge in [-0.3, -0.25) is 4.79 Å². The van der Waals surface area contributed by atoms with E-state index in [2.05, 4.69) is 0 Å². The number of carbonyl (C=O) groups is 1. The van der Waals surface area contributed by atoms with E-state index in [1.807, 2.05) is 30.3 Å². The van der Waals surface area contributed by atoms with Gasteiger partial charge in [-0.2, -0.15) is 0 Å². The van der Waals surface area contributed by atoms with Crippen LogP contribution in [0.5, 0.6) is 5.75 Å². The highest BCUT2D eigenvalue weighted by molar-refractivity contribution is 6.06. The first-order valence-corrected chi connectivity index (χ1v) is 7.45. The number of hydrogen-bond donors (Lipinski definition) is 0. The number of allylic oxidation sites excluding steroid dienone is 1. The fourth-order valence-electron chi connectivity index (χ4n) is 2.10. The summed E-state index contributed by atoms with van der Waals surface area (Å²) in [6.45, 7) is 0.309. The predicted molar refractivity (Wildman–Crippen MR) is 89.2 cm³/mol. The zero-order valence-corrected chi connectivity index (χ0v) is 12.8. The molecule has 2 aromatic carbocycles. The molecule has 1 heterocycles. The first-order chi connectivity index (χ1) is 11.7. The SMILES string of the molecule is O=C(/C=C/c1ccc(COc2ccccc2)o1)c1ccc(F)cc1. The van der Waals surface area contributed by atoms with Gasteiger partial charge in [0, 0.05) is 5.56 Å². The number of ether oxygens (including phenoxy) is 1. The Balaban J connectivity index is 1.59. The van der Waals surface area contributed by atoms with Crippen LogP contribution in [0.15, 0.2) is 77.2 Å². The molecular weight excluding hydrogens is 307 g/mol. The number of carbonyl (C=O) groups excluding carboxylic acids is 1. The summed E-state index contributed by atoms with van der Waals surface area (Å²) in [6, 6.07) is 18.4. The average Bonchev–Trinajstić information content (AvgIpc) is 3.07. The van der Waals surface area contributed by atoms with E-state index in [0.717, 1.165) is 5.75 Å². The van der Waals surface area contributed by atoms with Gasteiger partial charge in [0.1, 0.15) is 29.7 Å². The fraction of sp³-hybridized carbons (Fsp3) is 0.0500. The number of rotatable bonds is 6. The molecule has 3 nitrogen and oxygen atoms in total. The molecule has 24 heavy (non-hydrogen) atoms. The van der Waals surface area contributed by atoms with Crippen LogP contribution >= 0.6 is 0 Å². The molecule has 0 aliphatic heterocycles. The van der Waals surface area contributed by atoms with Crippen molar-refractivity contribution in [2.24, 2.45) is 0 Å². The monoisotopic (exact) mass is 322 g/mol. The smallest absolute Gasteiger partial charge is 0.185 e. The summed E-state index contributed by atoms with van der Waals surface area (Å²) in [5.74, 6) is 1.39. The van der Waals surface area contributed by atoms with Crippen molar-refractivity contribution in [3.05, 3.63) is 95.7 Å². The van der Waals surface area contributed by atoms with Crippen molar-refractivity contribution in [3.8, 4) is 5.75 Å². The van der Waals surface area contributed by atoms with Crippen molar-refractivity contribution in [3.63, 3.8) is 0 Å². The van der Waals surface area contributed by atoms with E-state index in [-0.39, 0.29) is 11.6 Å². The summed E-state index contributed by atoms with van der Waals surface area (Å²) >= 11 is 0. The Morgan fingerprint density at radius 2 is 1.75 bits per heavy atom. The molecule has 0 bridgehead atoms. The second-order valence-corrected chi connectivity index (χ2v) is 5.11. The van der Waals surface area contributed by atoms with E-state index in [0.29, 0.717) is 23.7 Å². The zero-order valence-electron chi connectivity index (χ0n) is 12.8. The predicted octanol–water partition coefficient (Wildman–Crippen LogP) is 4.89. The summed E-state index contributed by atoms with van der Waals surface area (Å²) in [5.41, 5.74) is 0.423. The Morgan fingerprint density at radius 3 is 2.50 bits per heavy atom. The van der Waals surface area contributed by atoms with E-state index in [1.54, 1.807) is 18.2 Å². The molecular formula is C20H15FO3. The van der Waals surface area contributed by atoms with Crippen LogP contribution in [0.2, 0.25) is 0 Å². The summed E-state index contributed by atoms with van der Waals surface area (Å²) in [5, 5.41) is 0. The molecule has 0 N–H and O–H groups in total. The molecule has 1 aromatic heterocycles. The van der Waals surface area contributed by atoms with Crippen LogP contribution in [0.25, 0.3) is 6.08 Å². The van der Waals surface area contributed by atoms with Gasteiger partial charge in [-0.05, 0) is 60.7 Å². The Morgan fingerprint density at radius 1 is 1.00 bits per heavy atom. The second kappa shape index (κ2) is 7.42. The molecule has 3 aromatic rings. The highest BCUT2D eigenvalue weighted by atomic mass is 19.1. The van der Waals surface area contributed by atoms with Gasteiger partial charge in [0.15, 0.2) is 5.78 Å². The number of hydrogen-bond acceptors (Lipinski definition) is 3. The standard InChI is InChI=1S/C20H15FO3/c21-16-8-6-15(7-9-16)20(22)13-12-18-10-11-19(24-18)14-23-17-4-2-1-3-5-17/h1-13H,14H2/b13-12+. The van der Waals surface area contributed by atoms with E-state index in [1.165, 1.54) is 30.3 Å². The zero-order chi connectivity index (χ0) is 16.8. The van der Waals surface area contributed by atoms with Crippen molar-refractivity contribution in [1.82, 2.24) is 0 Å². The number of halogens is 1. The molecule has 120 valence electrons. The first-order valence-electron chi connectivity index (χ1n) is 7.45. The van der Waals surface area contributed by atoms with Crippen LogP contribution in [0.3, 0.4) is 0 Å². The number of para-hydroxylation sites is 1. The lowest BCUT2D eigenvalue weighted by atomic mass is 10.1. The topological polar surface area (TPSA) is 39.4 Å². The van der Waals surface area contributed by atoms with Gasteiger partial charge in [0.25, 0.3) is 0 Å². The normalized spacial score (nSPS) is 10.9. The van der Waals surface area contributed by atoms with Crippen molar-refractivity contribution in [2.75, 3.05) is 0 Å². The quantitative estimate of drug-likeness (QED) is 0.479. The van der Waals surface area contributed by atoms with E-state index in [9.17, 15) is 9.18 Å². The van der Waals surface area contributed by atoms with E-state index < -0.39 is 0 Å². The van der Waals surface area contributed by atoms with Gasteiger partial charge in [0.2, 0.25) is 0 Å². The largest absolute Gasteiger partial charge is 0.486 e. The molecule has 0 fully saturated rings. The molecule has 4 heteroatoms. The van der Waals surface area contributed by atoms with Crippen LogP contribution in [-0.2, 0) is 6.61 Å². The van der Waals surface area contributed by atoms with Gasteiger partial charge < -0.3 is 9.15 Å². The number of benzene rings is 2. The summed E-state index contributed by atoms with van der Waals surface area (Å²) in [4.78, 5) is 12.0. The Hall–Kier alpha value is -3.14. The Kier molecular flexibility index (Phi) is 4.87. The molecule has 0 unspecified atom stereocenters. The number of furan rings is 1. The molecule has 0 amide bonds. The summed E-state index contributed by atoms with van der Waals surface area (Å²) in [7, 11) is 0. The molecule has 0 spiro atoms. The Labute approximate surface area is 139 Å². The lowest BCUT2D eigenvalue weighted by molar-refractivity contribution is 0.104. The van der Waals surface area contributed by atoms with Crippen LogP contribution in [0, 0.1) is 5.82 Å².